The van der Waals surface area contributed by atoms with Crippen LogP contribution in [-0.4, -0.2) is 62.5 Å². The van der Waals surface area contributed by atoms with Crippen LogP contribution >= 0.6 is 0 Å². The summed E-state index contributed by atoms with van der Waals surface area (Å²) in [6.45, 7) is 6.78. The summed E-state index contributed by atoms with van der Waals surface area (Å²) in [7, 11) is 0. The van der Waals surface area contributed by atoms with E-state index in [1.807, 2.05) is 43.6 Å². The number of carbonyl (C=O) groups is 1. The molecule has 2 N–H and O–H groups in total. The molecule has 8 heteroatoms. The summed E-state index contributed by atoms with van der Waals surface area (Å²) in [5, 5.41) is 6.41. The summed E-state index contributed by atoms with van der Waals surface area (Å²) in [4.78, 5) is 28.0. The Bertz CT molecular complexity index is 964. The summed E-state index contributed by atoms with van der Waals surface area (Å²) >= 11 is 0. The second-order valence-electron chi connectivity index (χ2n) is 7.67. The number of anilines is 1. The van der Waals surface area contributed by atoms with Gasteiger partial charge in [0, 0.05) is 37.8 Å². The van der Waals surface area contributed by atoms with E-state index in [0.717, 1.165) is 74.5 Å². The number of fused-ring (bicyclic) bond motifs is 1. The zero-order valence-corrected chi connectivity index (χ0v) is 17.4. The van der Waals surface area contributed by atoms with Crippen LogP contribution in [0.2, 0.25) is 0 Å². The second kappa shape index (κ2) is 9.67. The average Bonchev–Trinajstić information content (AvgIpc) is 3.20. The van der Waals surface area contributed by atoms with Gasteiger partial charge in [0.1, 0.15) is 11.8 Å². The average molecular weight is 408 g/mol. The van der Waals surface area contributed by atoms with Crippen molar-refractivity contribution in [1.29, 1.82) is 0 Å². The topological polar surface area (TPSA) is 88.0 Å². The highest BCUT2D eigenvalue weighted by atomic mass is 16.1. The number of piperidine rings is 1. The maximum Gasteiger partial charge on any atom is 0.251 e. The van der Waals surface area contributed by atoms with Crippen molar-refractivity contribution in [1.82, 2.24) is 29.7 Å². The van der Waals surface area contributed by atoms with Gasteiger partial charge in [-0.2, -0.15) is 0 Å². The van der Waals surface area contributed by atoms with Crippen molar-refractivity contribution in [2.45, 2.75) is 38.8 Å². The molecule has 1 aromatic carbocycles. The lowest BCUT2D eigenvalue weighted by molar-refractivity contribution is 0.0910. The van der Waals surface area contributed by atoms with E-state index in [2.05, 4.69) is 35.1 Å². The molecule has 1 amide bonds. The second-order valence-corrected chi connectivity index (χ2v) is 7.67. The number of nitrogens with one attached hydrogen (secondary N) is 2. The molecule has 0 bridgehead atoms. The molecule has 2 aromatic heterocycles. The van der Waals surface area contributed by atoms with Gasteiger partial charge in [-0.15, -0.1) is 0 Å². The fraction of sp³-hybridized carbons (Fsp3) is 0.455. The van der Waals surface area contributed by atoms with E-state index in [1.165, 1.54) is 0 Å². The molecule has 0 aliphatic carbocycles. The maximum atomic E-state index is 12.3. The van der Waals surface area contributed by atoms with Crippen molar-refractivity contribution in [2.24, 2.45) is 0 Å². The molecule has 8 nitrogen and oxygen atoms in total. The quantitative estimate of drug-likeness (QED) is 0.597. The highest BCUT2D eigenvalue weighted by Crippen LogP contribution is 2.18. The number of aromatic nitrogens is 4. The van der Waals surface area contributed by atoms with Crippen LogP contribution in [0.3, 0.4) is 0 Å². The zero-order chi connectivity index (χ0) is 20.8. The number of likely N-dealkylation sites (tertiary alicyclic amines) is 1. The molecule has 30 heavy (non-hydrogen) atoms. The van der Waals surface area contributed by atoms with Gasteiger partial charge in [-0.1, -0.05) is 18.2 Å². The van der Waals surface area contributed by atoms with Crippen molar-refractivity contribution in [3.63, 3.8) is 0 Å². The first kappa shape index (κ1) is 20.3. The first-order chi connectivity index (χ1) is 14.7. The van der Waals surface area contributed by atoms with Gasteiger partial charge in [-0.25, -0.2) is 15.0 Å². The lowest BCUT2D eigenvalue weighted by atomic mass is 10.0. The van der Waals surface area contributed by atoms with Crippen LogP contribution < -0.4 is 10.6 Å². The van der Waals surface area contributed by atoms with E-state index in [4.69, 9.17) is 0 Å². The first-order valence-electron chi connectivity index (χ1n) is 10.7. The van der Waals surface area contributed by atoms with E-state index >= 15 is 0 Å². The molecule has 0 saturated carbocycles. The number of hydrogen-bond acceptors (Lipinski definition) is 6. The summed E-state index contributed by atoms with van der Waals surface area (Å²) in [6, 6.07) is 9.69. The Balaban J connectivity index is 1.22. The number of imidazole rings is 1. The van der Waals surface area contributed by atoms with Crippen molar-refractivity contribution in [2.75, 3.05) is 31.5 Å². The van der Waals surface area contributed by atoms with Crippen LogP contribution in [0.5, 0.6) is 0 Å². The predicted octanol–water partition coefficient (Wildman–Crippen LogP) is 2.54. The maximum absolute atomic E-state index is 12.3. The third kappa shape index (κ3) is 4.76. The van der Waals surface area contributed by atoms with Gasteiger partial charge in [0.2, 0.25) is 0 Å². The Labute approximate surface area is 176 Å². The molecule has 0 atom stereocenters. The predicted molar refractivity (Wildman–Crippen MR) is 117 cm³/mol. The number of carbonyl (C=O) groups excluding carboxylic acids is 1. The molecule has 1 aliphatic rings. The lowest BCUT2D eigenvalue weighted by Gasteiger charge is -2.32. The molecule has 3 heterocycles. The van der Waals surface area contributed by atoms with Crippen LogP contribution in [-0.2, 0) is 6.54 Å². The van der Waals surface area contributed by atoms with Crippen molar-refractivity contribution < 1.29 is 4.79 Å². The molecular weight excluding hydrogens is 378 g/mol. The van der Waals surface area contributed by atoms with Gasteiger partial charge < -0.3 is 20.1 Å². The van der Waals surface area contributed by atoms with E-state index in [1.54, 1.807) is 6.33 Å². The largest absolute Gasteiger partial charge is 0.368 e. The van der Waals surface area contributed by atoms with Gasteiger partial charge in [0.25, 0.3) is 5.91 Å². The van der Waals surface area contributed by atoms with Crippen LogP contribution in [0, 0.1) is 0 Å². The van der Waals surface area contributed by atoms with Crippen LogP contribution in [0.4, 0.5) is 5.82 Å². The Morgan fingerprint density at radius 2 is 1.90 bits per heavy atom. The van der Waals surface area contributed by atoms with Crippen LogP contribution in [0.15, 0.2) is 43.0 Å². The minimum Gasteiger partial charge on any atom is -0.368 e. The minimum atomic E-state index is 0.0277. The smallest absolute Gasteiger partial charge is 0.251 e. The molecule has 0 spiro atoms. The summed E-state index contributed by atoms with van der Waals surface area (Å²) < 4.78 is 2.10. The molecule has 1 saturated heterocycles. The standard InChI is InChI=1S/C22H29N7O/c1-2-23-20-19-21(25-15-24-20)29(16-26-19)12-6-11-28-13-9-18(10-14-28)27-22(30)17-7-4-3-5-8-17/h3-5,7-8,15-16,18H,2,6,9-14H2,1H3,(H,27,30)(H,23,24,25). The van der Waals surface area contributed by atoms with E-state index in [0.29, 0.717) is 0 Å². The molecule has 1 fully saturated rings. The number of benzene rings is 1. The number of hydrogen-bond donors (Lipinski definition) is 2. The Morgan fingerprint density at radius 1 is 1.10 bits per heavy atom. The van der Waals surface area contributed by atoms with Crippen LogP contribution in [0.25, 0.3) is 11.2 Å². The van der Waals surface area contributed by atoms with Gasteiger partial charge in [-0.05, 0) is 44.9 Å². The zero-order valence-electron chi connectivity index (χ0n) is 17.4. The van der Waals surface area contributed by atoms with Gasteiger partial charge >= 0.3 is 0 Å². The number of amides is 1. The fourth-order valence-corrected chi connectivity index (χ4v) is 3.96. The van der Waals surface area contributed by atoms with Crippen molar-refractivity contribution in [3.05, 3.63) is 48.5 Å². The molecule has 3 aromatic rings. The summed E-state index contributed by atoms with van der Waals surface area (Å²) in [5.41, 5.74) is 2.44. The number of nitrogens with zero attached hydrogens (tertiary/aromatic N) is 5. The SMILES string of the molecule is CCNc1ncnc2c1ncn2CCCN1CCC(NC(=O)c2ccccc2)CC1. The molecule has 158 valence electrons. The first-order valence-corrected chi connectivity index (χ1v) is 10.7. The molecule has 0 radical (unpaired) electrons. The van der Waals surface area contributed by atoms with Crippen molar-refractivity contribution in [3.8, 4) is 0 Å². The monoisotopic (exact) mass is 407 g/mol. The van der Waals surface area contributed by atoms with Gasteiger partial charge in [0.15, 0.2) is 11.5 Å². The molecule has 4 rings (SSSR count). The highest BCUT2D eigenvalue weighted by molar-refractivity contribution is 5.94. The Kier molecular flexibility index (Phi) is 6.53. The Morgan fingerprint density at radius 3 is 2.67 bits per heavy atom. The van der Waals surface area contributed by atoms with E-state index in [9.17, 15) is 4.79 Å². The lowest BCUT2D eigenvalue weighted by Crippen LogP contribution is -2.44. The van der Waals surface area contributed by atoms with E-state index in [-0.39, 0.29) is 11.9 Å². The fourth-order valence-electron chi connectivity index (χ4n) is 3.96. The number of rotatable bonds is 8. The van der Waals surface area contributed by atoms with E-state index < -0.39 is 0 Å². The Hall–Kier alpha value is -3.00. The van der Waals surface area contributed by atoms with Gasteiger partial charge in [-0.3, -0.25) is 4.79 Å². The summed E-state index contributed by atoms with van der Waals surface area (Å²) in [6.07, 6.45) is 6.46. The van der Waals surface area contributed by atoms with Crippen LogP contribution in [0.1, 0.15) is 36.5 Å². The normalized spacial score (nSPS) is 15.4. The van der Waals surface area contributed by atoms with Crippen molar-refractivity contribution >= 4 is 22.9 Å². The molecule has 0 unspecified atom stereocenters. The highest BCUT2D eigenvalue weighted by Gasteiger charge is 2.21. The third-order valence-electron chi connectivity index (χ3n) is 5.58. The molecular formula is C22H29N7O. The summed E-state index contributed by atoms with van der Waals surface area (Å²) in [5.74, 6) is 0.820. The third-order valence-corrected chi connectivity index (χ3v) is 5.58. The minimum absolute atomic E-state index is 0.0277. The van der Waals surface area contributed by atoms with Gasteiger partial charge in [0.05, 0.1) is 6.33 Å². The number of aryl methyl sites for hydroxylation is 1. The molecule has 1 aliphatic heterocycles.